The van der Waals surface area contributed by atoms with Crippen molar-refractivity contribution in [2.24, 2.45) is 0 Å². The summed E-state index contributed by atoms with van der Waals surface area (Å²) in [6.45, 7) is 0.378. The lowest BCUT2D eigenvalue weighted by Gasteiger charge is -2.08. The summed E-state index contributed by atoms with van der Waals surface area (Å²) in [6.07, 6.45) is 6.64. The first-order chi connectivity index (χ1) is 13.8. The van der Waals surface area contributed by atoms with E-state index in [0.29, 0.717) is 23.7 Å². The fraction of sp³-hybridized carbons (Fsp3) is 0.0455. The number of nitrogens with zero attached hydrogens (tertiary/aromatic N) is 2. The van der Waals surface area contributed by atoms with Gasteiger partial charge in [0.15, 0.2) is 0 Å². The van der Waals surface area contributed by atoms with Gasteiger partial charge >= 0.3 is 0 Å². The largest absolute Gasteiger partial charge is 0.472 e. The highest BCUT2D eigenvalue weighted by molar-refractivity contribution is 5.94. The number of pyridine rings is 2. The number of benzene rings is 1. The van der Waals surface area contributed by atoms with Gasteiger partial charge in [-0.3, -0.25) is 9.78 Å². The third-order valence-corrected chi connectivity index (χ3v) is 4.05. The summed E-state index contributed by atoms with van der Waals surface area (Å²) in [7, 11) is 0. The highest BCUT2D eigenvalue weighted by Crippen LogP contribution is 2.20. The van der Waals surface area contributed by atoms with Crippen molar-refractivity contribution in [2.45, 2.75) is 6.54 Å². The summed E-state index contributed by atoms with van der Waals surface area (Å²) >= 11 is 0. The second-order valence-electron chi connectivity index (χ2n) is 6.04. The summed E-state index contributed by atoms with van der Waals surface area (Å²) in [6, 6.07) is 18.1. The number of carbonyl (C=O) groups is 1. The van der Waals surface area contributed by atoms with Crippen LogP contribution in [0.1, 0.15) is 15.9 Å². The summed E-state index contributed by atoms with van der Waals surface area (Å²) in [5.74, 6) is 0.840. The standard InChI is InChI=1S/C22H17N3O3/c26-22(17-4-3-5-19(12-17)28-21-6-1-2-10-23-21)25-14-16-7-8-20(24-13-16)18-9-11-27-15-18/h1-13,15H,14H2,(H,25,26). The molecule has 0 bridgehead atoms. The molecule has 138 valence electrons. The van der Waals surface area contributed by atoms with E-state index >= 15 is 0 Å². The first-order valence-electron chi connectivity index (χ1n) is 8.72. The Hall–Kier alpha value is -3.93. The molecule has 3 aromatic heterocycles. The van der Waals surface area contributed by atoms with Gasteiger partial charge in [-0.1, -0.05) is 18.2 Å². The monoisotopic (exact) mass is 371 g/mol. The number of nitrogens with one attached hydrogen (secondary N) is 1. The van der Waals surface area contributed by atoms with Crippen LogP contribution in [0, 0.1) is 0 Å². The number of carbonyl (C=O) groups excluding carboxylic acids is 1. The van der Waals surface area contributed by atoms with E-state index in [9.17, 15) is 4.79 Å². The van der Waals surface area contributed by atoms with Crippen molar-refractivity contribution in [1.29, 1.82) is 0 Å². The second kappa shape index (κ2) is 8.18. The first kappa shape index (κ1) is 17.5. The van der Waals surface area contributed by atoms with Crippen molar-refractivity contribution >= 4 is 5.91 Å². The predicted molar refractivity (Wildman–Crippen MR) is 104 cm³/mol. The van der Waals surface area contributed by atoms with Crippen LogP contribution in [0.4, 0.5) is 0 Å². The lowest BCUT2D eigenvalue weighted by Crippen LogP contribution is -2.22. The molecule has 0 radical (unpaired) electrons. The fourth-order valence-electron chi connectivity index (χ4n) is 2.62. The second-order valence-corrected chi connectivity index (χ2v) is 6.04. The van der Waals surface area contributed by atoms with Gasteiger partial charge in [-0.05, 0) is 42.0 Å². The Balaban J connectivity index is 1.38. The third kappa shape index (κ3) is 4.24. The van der Waals surface area contributed by atoms with Crippen LogP contribution in [0.3, 0.4) is 0 Å². The number of aromatic nitrogens is 2. The molecule has 0 aliphatic heterocycles. The Morgan fingerprint density at radius 1 is 1.04 bits per heavy atom. The minimum absolute atomic E-state index is 0.189. The van der Waals surface area contributed by atoms with Crippen molar-refractivity contribution in [2.75, 3.05) is 0 Å². The Bertz CT molecular complexity index is 1050. The van der Waals surface area contributed by atoms with Gasteiger partial charge in [0.2, 0.25) is 5.88 Å². The smallest absolute Gasteiger partial charge is 0.251 e. The molecule has 1 N–H and O–H groups in total. The summed E-state index contributed by atoms with van der Waals surface area (Å²) < 4.78 is 10.7. The van der Waals surface area contributed by atoms with E-state index in [1.807, 2.05) is 30.3 Å². The van der Waals surface area contributed by atoms with Crippen molar-refractivity contribution in [1.82, 2.24) is 15.3 Å². The molecule has 0 aliphatic rings. The van der Waals surface area contributed by atoms with Crippen molar-refractivity contribution in [3.8, 4) is 22.9 Å². The van der Waals surface area contributed by atoms with Crippen LogP contribution < -0.4 is 10.1 Å². The molecule has 0 saturated carbocycles. The van der Waals surface area contributed by atoms with Gasteiger partial charge in [0.05, 0.1) is 18.2 Å². The average molecular weight is 371 g/mol. The van der Waals surface area contributed by atoms with Crippen LogP contribution >= 0.6 is 0 Å². The van der Waals surface area contributed by atoms with E-state index in [2.05, 4.69) is 15.3 Å². The number of amides is 1. The summed E-state index contributed by atoms with van der Waals surface area (Å²) in [4.78, 5) is 21.0. The van der Waals surface area contributed by atoms with Crippen molar-refractivity contribution < 1.29 is 13.9 Å². The van der Waals surface area contributed by atoms with E-state index in [4.69, 9.17) is 9.15 Å². The molecule has 4 rings (SSSR count). The maximum atomic E-state index is 12.5. The Labute approximate surface area is 161 Å². The average Bonchev–Trinajstić information content (AvgIpc) is 3.28. The zero-order chi connectivity index (χ0) is 19.2. The molecule has 28 heavy (non-hydrogen) atoms. The molecule has 0 aliphatic carbocycles. The van der Waals surface area contributed by atoms with Crippen molar-refractivity contribution in [3.05, 3.63) is 96.7 Å². The SMILES string of the molecule is O=C(NCc1ccc(-c2ccoc2)nc1)c1cccc(Oc2ccccn2)c1. The summed E-state index contributed by atoms with van der Waals surface area (Å²) in [5, 5.41) is 2.89. The van der Waals surface area contributed by atoms with Crippen LogP contribution in [0.15, 0.2) is 90.0 Å². The van der Waals surface area contributed by atoms with Gasteiger partial charge in [-0.25, -0.2) is 4.98 Å². The zero-order valence-electron chi connectivity index (χ0n) is 14.9. The predicted octanol–water partition coefficient (Wildman–Crippen LogP) is 4.46. The molecule has 3 heterocycles. The van der Waals surface area contributed by atoms with E-state index in [-0.39, 0.29) is 5.91 Å². The maximum Gasteiger partial charge on any atom is 0.251 e. The van der Waals surface area contributed by atoms with Crippen LogP contribution in [-0.2, 0) is 6.54 Å². The van der Waals surface area contributed by atoms with Gasteiger partial charge in [0.1, 0.15) is 5.75 Å². The number of hydrogen-bond acceptors (Lipinski definition) is 5. The van der Waals surface area contributed by atoms with Gasteiger partial charge in [0.25, 0.3) is 5.91 Å². The van der Waals surface area contributed by atoms with Gasteiger partial charge < -0.3 is 14.5 Å². The minimum Gasteiger partial charge on any atom is -0.472 e. The molecule has 0 atom stereocenters. The minimum atomic E-state index is -0.189. The first-order valence-corrected chi connectivity index (χ1v) is 8.72. The Morgan fingerprint density at radius 2 is 2.00 bits per heavy atom. The highest BCUT2D eigenvalue weighted by atomic mass is 16.5. The molecule has 0 saturated heterocycles. The summed E-state index contributed by atoms with van der Waals surface area (Å²) in [5.41, 5.74) is 3.15. The van der Waals surface area contributed by atoms with Crippen LogP contribution in [0.5, 0.6) is 11.6 Å². The number of ether oxygens (including phenoxy) is 1. The number of hydrogen-bond donors (Lipinski definition) is 1. The molecule has 6 nitrogen and oxygen atoms in total. The number of rotatable bonds is 6. The molecular formula is C22H17N3O3. The Kier molecular flexibility index (Phi) is 5.11. The zero-order valence-corrected chi connectivity index (χ0v) is 14.9. The number of furan rings is 1. The molecule has 0 spiro atoms. The highest BCUT2D eigenvalue weighted by Gasteiger charge is 2.08. The maximum absolute atomic E-state index is 12.5. The molecule has 1 aromatic carbocycles. The lowest BCUT2D eigenvalue weighted by molar-refractivity contribution is 0.0950. The van der Waals surface area contributed by atoms with Crippen LogP contribution in [0.2, 0.25) is 0 Å². The lowest BCUT2D eigenvalue weighted by atomic mass is 10.1. The van der Waals surface area contributed by atoms with E-state index in [0.717, 1.165) is 16.8 Å². The van der Waals surface area contributed by atoms with Gasteiger partial charge in [-0.15, -0.1) is 0 Å². The molecule has 0 fully saturated rings. The third-order valence-electron chi connectivity index (χ3n) is 4.05. The van der Waals surface area contributed by atoms with Crippen LogP contribution in [0.25, 0.3) is 11.3 Å². The Morgan fingerprint density at radius 3 is 2.75 bits per heavy atom. The quantitative estimate of drug-likeness (QED) is 0.541. The molecule has 1 amide bonds. The van der Waals surface area contributed by atoms with E-state index in [1.165, 1.54) is 0 Å². The normalized spacial score (nSPS) is 10.4. The van der Waals surface area contributed by atoms with Gasteiger partial charge in [-0.2, -0.15) is 0 Å². The molecule has 6 heteroatoms. The van der Waals surface area contributed by atoms with E-state index in [1.54, 1.807) is 55.3 Å². The topological polar surface area (TPSA) is 77.2 Å². The molecule has 0 unspecified atom stereocenters. The van der Waals surface area contributed by atoms with Crippen LogP contribution in [-0.4, -0.2) is 15.9 Å². The fourth-order valence-corrected chi connectivity index (χ4v) is 2.62. The molecule has 4 aromatic rings. The van der Waals surface area contributed by atoms with Crippen molar-refractivity contribution in [3.63, 3.8) is 0 Å². The van der Waals surface area contributed by atoms with Gasteiger partial charge in [0, 0.05) is 36.1 Å². The van der Waals surface area contributed by atoms with E-state index < -0.39 is 0 Å². The molecular weight excluding hydrogens is 354 g/mol.